The van der Waals surface area contributed by atoms with Crippen molar-refractivity contribution in [2.24, 2.45) is 0 Å². The van der Waals surface area contributed by atoms with Gasteiger partial charge in [-0.15, -0.1) is 0 Å². The van der Waals surface area contributed by atoms with Crippen LogP contribution in [0.1, 0.15) is 11.1 Å². The van der Waals surface area contributed by atoms with Gasteiger partial charge in [0.1, 0.15) is 5.57 Å². The lowest BCUT2D eigenvalue weighted by atomic mass is 10.0. The Morgan fingerprint density at radius 3 is 2.50 bits per heavy atom. The first-order valence-corrected chi connectivity index (χ1v) is 9.92. The van der Waals surface area contributed by atoms with E-state index >= 15 is 0 Å². The van der Waals surface area contributed by atoms with E-state index in [4.69, 9.17) is 16.3 Å². The Bertz CT molecular complexity index is 1060. The number of ether oxygens (including phenoxy) is 1. The molecular formula is C22H20ClN3O4. The Morgan fingerprint density at radius 1 is 1.03 bits per heavy atom. The van der Waals surface area contributed by atoms with Crippen LogP contribution in [0.15, 0.2) is 48.0 Å². The van der Waals surface area contributed by atoms with Gasteiger partial charge in [0.15, 0.2) is 0 Å². The summed E-state index contributed by atoms with van der Waals surface area (Å²) in [5.41, 5.74) is 2.89. The Hall–Kier alpha value is -3.16. The third-order valence-corrected chi connectivity index (χ3v) is 5.33. The summed E-state index contributed by atoms with van der Waals surface area (Å²) < 4.78 is 5.39. The molecule has 2 aliphatic heterocycles. The molecule has 0 atom stereocenters. The number of nitrogens with zero attached hydrogens (tertiary/aromatic N) is 2. The summed E-state index contributed by atoms with van der Waals surface area (Å²) in [6, 6.07) is 11.4. The van der Waals surface area contributed by atoms with Gasteiger partial charge in [-0.05, 0) is 54.5 Å². The maximum Gasteiger partial charge on any atom is 0.335 e. The molecule has 0 aliphatic carbocycles. The number of amides is 4. The second-order valence-corrected chi connectivity index (χ2v) is 7.51. The van der Waals surface area contributed by atoms with Crippen molar-refractivity contribution < 1.29 is 19.1 Å². The number of carbonyl (C=O) groups excluding carboxylic acids is 3. The van der Waals surface area contributed by atoms with Gasteiger partial charge in [-0.25, -0.2) is 9.69 Å². The smallest absolute Gasteiger partial charge is 0.335 e. The Morgan fingerprint density at radius 2 is 1.80 bits per heavy atom. The first-order valence-electron chi connectivity index (χ1n) is 9.54. The van der Waals surface area contributed by atoms with Crippen molar-refractivity contribution in [3.8, 4) is 0 Å². The number of nitrogens with one attached hydrogen (secondary N) is 1. The Kier molecular flexibility index (Phi) is 5.57. The highest BCUT2D eigenvalue weighted by atomic mass is 35.5. The SMILES string of the molecule is Cc1cc(N2CCOCC2)ccc1/C=C1\C(=O)NC(=O)N(c2cccc(Cl)c2)C1=O. The molecule has 8 heteroatoms. The van der Waals surface area contributed by atoms with E-state index in [-0.39, 0.29) is 5.57 Å². The van der Waals surface area contributed by atoms with Crippen molar-refractivity contribution in [1.29, 1.82) is 0 Å². The molecule has 2 aromatic carbocycles. The van der Waals surface area contributed by atoms with Gasteiger partial charge in [0.05, 0.1) is 18.9 Å². The van der Waals surface area contributed by atoms with Crippen LogP contribution in [-0.4, -0.2) is 44.1 Å². The third-order valence-electron chi connectivity index (χ3n) is 5.10. The maximum absolute atomic E-state index is 13.0. The van der Waals surface area contributed by atoms with E-state index in [0.29, 0.717) is 23.9 Å². The molecule has 4 amide bonds. The Labute approximate surface area is 178 Å². The topological polar surface area (TPSA) is 79.0 Å². The van der Waals surface area contributed by atoms with Crippen LogP contribution in [0, 0.1) is 6.92 Å². The zero-order valence-electron chi connectivity index (χ0n) is 16.4. The molecule has 2 heterocycles. The normalized spacial score (nSPS) is 18.7. The standard InChI is InChI=1S/C22H20ClN3O4/c1-14-11-17(25-7-9-30-10-8-25)6-5-15(14)12-19-20(27)24-22(29)26(21(19)28)18-4-2-3-16(23)13-18/h2-6,11-13H,7-10H2,1H3,(H,24,27,29)/b19-12+. The van der Waals surface area contributed by atoms with E-state index in [1.165, 1.54) is 12.1 Å². The van der Waals surface area contributed by atoms with E-state index in [1.54, 1.807) is 18.2 Å². The second kappa shape index (κ2) is 8.30. The molecule has 4 rings (SSSR count). The monoisotopic (exact) mass is 425 g/mol. The van der Waals surface area contributed by atoms with Crippen LogP contribution >= 0.6 is 11.6 Å². The van der Waals surface area contributed by atoms with Gasteiger partial charge in [0.25, 0.3) is 11.8 Å². The van der Waals surface area contributed by atoms with Gasteiger partial charge in [0.2, 0.25) is 0 Å². The van der Waals surface area contributed by atoms with Gasteiger partial charge in [-0.2, -0.15) is 0 Å². The lowest BCUT2D eigenvalue weighted by Gasteiger charge is -2.29. The molecular weight excluding hydrogens is 406 g/mol. The Balaban J connectivity index is 1.65. The summed E-state index contributed by atoms with van der Waals surface area (Å²) in [5.74, 6) is -1.41. The fraction of sp³-hybridized carbons (Fsp3) is 0.227. The van der Waals surface area contributed by atoms with Gasteiger partial charge in [-0.3, -0.25) is 14.9 Å². The zero-order chi connectivity index (χ0) is 21.3. The molecule has 0 saturated carbocycles. The first-order chi connectivity index (χ1) is 14.4. The van der Waals surface area contributed by atoms with Gasteiger partial charge >= 0.3 is 6.03 Å². The fourth-order valence-corrected chi connectivity index (χ4v) is 3.69. The van der Waals surface area contributed by atoms with Gasteiger partial charge in [0, 0.05) is 23.8 Å². The molecule has 2 saturated heterocycles. The lowest BCUT2D eigenvalue weighted by Crippen LogP contribution is -2.54. The summed E-state index contributed by atoms with van der Waals surface area (Å²) in [7, 11) is 0. The highest BCUT2D eigenvalue weighted by molar-refractivity contribution is 6.39. The zero-order valence-corrected chi connectivity index (χ0v) is 17.1. The van der Waals surface area contributed by atoms with Crippen molar-refractivity contribution in [2.45, 2.75) is 6.92 Å². The lowest BCUT2D eigenvalue weighted by molar-refractivity contribution is -0.122. The maximum atomic E-state index is 13.0. The summed E-state index contributed by atoms with van der Waals surface area (Å²) in [4.78, 5) is 40.8. The summed E-state index contributed by atoms with van der Waals surface area (Å²) in [6.45, 7) is 4.93. The number of aryl methyl sites for hydroxylation is 1. The number of hydrogen-bond donors (Lipinski definition) is 1. The molecule has 0 spiro atoms. The van der Waals surface area contributed by atoms with Crippen molar-refractivity contribution in [3.05, 3.63) is 64.2 Å². The van der Waals surface area contributed by atoms with Gasteiger partial charge in [-0.1, -0.05) is 23.7 Å². The number of rotatable bonds is 3. The van der Waals surface area contributed by atoms with Crippen LogP contribution in [0.3, 0.4) is 0 Å². The van der Waals surface area contributed by atoms with Crippen LogP contribution in [-0.2, 0) is 14.3 Å². The molecule has 0 radical (unpaired) electrons. The van der Waals surface area contributed by atoms with E-state index in [0.717, 1.165) is 34.8 Å². The quantitative estimate of drug-likeness (QED) is 0.603. The van der Waals surface area contributed by atoms with Gasteiger partial charge < -0.3 is 9.64 Å². The first kappa shape index (κ1) is 20.1. The molecule has 2 aliphatic rings. The van der Waals surface area contributed by atoms with Crippen LogP contribution in [0.4, 0.5) is 16.2 Å². The molecule has 0 aromatic heterocycles. The number of halogens is 1. The molecule has 0 bridgehead atoms. The number of benzene rings is 2. The average molecular weight is 426 g/mol. The van der Waals surface area contributed by atoms with Crippen LogP contribution in [0.25, 0.3) is 6.08 Å². The van der Waals surface area contributed by atoms with Crippen molar-refractivity contribution >= 4 is 46.9 Å². The minimum atomic E-state index is -0.802. The average Bonchev–Trinajstić information content (AvgIpc) is 2.72. The molecule has 30 heavy (non-hydrogen) atoms. The minimum Gasteiger partial charge on any atom is -0.378 e. The molecule has 1 N–H and O–H groups in total. The highest BCUT2D eigenvalue weighted by Gasteiger charge is 2.37. The number of morpholine rings is 1. The number of anilines is 2. The fourth-order valence-electron chi connectivity index (χ4n) is 3.50. The van der Waals surface area contributed by atoms with E-state index in [1.807, 2.05) is 25.1 Å². The third kappa shape index (κ3) is 3.94. The van der Waals surface area contributed by atoms with Crippen molar-refractivity contribution in [3.63, 3.8) is 0 Å². The minimum absolute atomic E-state index is 0.114. The number of carbonyl (C=O) groups is 3. The number of urea groups is 1. The largest absolute Gasteiger partial charge is 0.378 e. The van der Waals surface area contributed by atoms with Crippen LogP contribution < -0.4 is 15.1 Å². The summed E-state index contributed by atoms with van der Waals surface area (Å²) in [6.07, 6.45) is 1.51. The molecule has 2 fully saturated rings. The van der Waals surface area contributed by atoms with E-state index in [2.05, 4.69) is 10.2 Å². The number of hydrogen-bond acceptors (Lipinski definition) is 5. The van der Waals surface area contributed by atoms with E-state index < -0.39 is 17.8 Å². The summed E-state index contributed by atoms with van der Waals surface area (Å²) in [5, 5.41) is 2.60. The second-order valence-electron chi connectivity index (χ2n) is 7.08. The number of imide groups is 2. The molecule has 2 aromatic rings. The predicted molar refractivity (Wildman–Crippen MR) is 115 cm³/mol. The van der Waals surface area contributed by atoms with Crippen LogP contribution in [0.5, 0.6) is 0 Å². The molecule has 7 nitrogen and oxygen atoms in total. The van der Waals surface area contributed by atoms with Crippen LogP contribution in [0.2, 0.25) is 5.02 Å². The highest BCUT2D eigenvalue weighted by Crippen LogP contribution is 2.26. The summed E-state index contributed by atoms with van der Waals surface area (Å²) >= 11 is 5.99. The predicted octanol–water partition coefficient (Wildman–Crippen LogP) is 3.15. The molecule has 154 valence electrons. The number of barbiturate groups is 1. The molecule has 0 unspecified atom stereocenters. The van der Waals surface area contributed by atoms with E-state index in [9.17, 15) is 14.4 Å². The van der Waals surface area contributed by atoms with Crippen molar-refractivity contribution in [2.75, 3.05) is 36.1 Å². The van der Waals surface area contributed by atoms with Crippen molar-refractivity contribution in [1.82, 2.24) is 5.32 Å².